The quantitative estimate of drug-likeness (QED) is 0.539. The lowest BCUT2D eigenvalue weighted by Gasteiger charge is -2.21. The van der Waals surface area contributed by atoms with Crippen LogP contribution in [0.5, 0.6) is 0 Å². The summed E-state index contributed by atoms with van der Waals surface area (Å²) in [7, 11) is 0. The topological polar surface area (TPSA) is 99.9 Å². The van der Waals surface area contributed by atoms with Gasteiger partial charge in [0, 0.05) is 41.8 Å². The van der Waals surface area contributed by atoms with Gasteiger partial charge in [-0.2, -0.15) is 0 Å². The molecule has 1 saturated carbocycles. The van der Waals surface area contributed by atoms with Gasteiger partial charge >= 0.3 is 0 Å². The van der Waals surface area contributed by atoms with E-state index in [4.69, 9.17) is 27.3 Å². The third-order valence-electron chi connectivity index (χ3n) is 6.51. The lowest BCUT2D eigenvalue weighted by Crippen LogP contribution is -2.29. The van der Waals surface area contributed by atoms with Gasteiger partial charge in [0.15, 0.2) is 5.16 Å². The van der Waals surface area contributed by atoms with Gasteiger partial charge in [0.2, 0.25) is 0 Å². The van der Waals surface area contributed by atoms with E-state index < -0.39 is 0 Å². The highest BCUT2D eigenvalue weighted by Gasteiger charge is 2.54. The number of rotatable bonds is 4. The Morgan fingerprint density at radius 1 is 1.30 bits per heavy atom. The van der Waals surface area contributed by atoms with Crippen molar-refractivity contribution in [1.29, 1.82) is 0 Å². The number of hydrogen-bond donors (Lipinski definition) is 3. The van der Waals surface area contributed by atoms with Crippen LogP contribution in [-0.2, 0) is 13.0 Å². The molecule has 4 N–H and O–H groups in total. The minimum Gasteiger partial charge on any atom is -0.355 e. The average Bonchev–Trinajstić information content (AvgIpc) is 3.15. The molecule has 9 heteroatoms. The fourth-order valence-corrected chi connectivity index (χ4v) is 5.84. The number of aromatic amines is 1. The molecule has 2 fully saturated rings. The molecule has 1 aliphatic carbocycles. The van der Waals surface area contributed by atoms with E-state index in [1.165, 1.54) is 11.8 Å². The molecule has 1 amide bonds. The zero-order valence-electron chi connectivity index (χ0n) is 16.4. The molecule has 2 aliphatic heterocycles. The number of carbonyl (C=O) groups excluding carboxylic acids is 1. The van der Waals surface area contributed by atoms with E-state index >= 15 is 0 Å². The van der Waals surface area contributed by atoms with Gasteiger partial charge in [0.1, 0.15) is 11.5 Å². The van der Waals surface area contributed by atoms with Gasteiger partial charge in [-0.3, -0.25) is 4.79 Å². The molecule has 2 unspecified atom stereocenters. The molecular weight excluding hydrogens is 420 g/mol. The molecule has 2 atom stereocenters. The predicted molar refractivity (Wildman–Crippen MR) is 117 cm³/mol. The van der Waals surface area contributed by atoms with Crippen molar-refractivity contribution in [3.05, 3.63) is 40.0 Å². The smallest absolute Gasteiger partial charge is 0.251 e. The largest absolute Gasteiger partial charge is 0.355 e. The first kappa shape index (κ1) is 18.5. The van der Waals surface area contributed by atoms with Gasteiger partial charge in [-0.05, 0) is 47.7 Å². The van der Waals surface area contributed by atoms with Gasteiger partial charge in [-0.25, -0.2) is 9.97 Å². The highest BCUT2D eigenvalue weighted by Crippen LogP contribution is 2.47. The third-order valence-corrected chi connectivity index (χ3v) is 7.78. The van der Waals surface area contributed by atoms with Gasteiger partial charge in [-0.1, -0.05) is 24.6 Å². The van der Waals surface area contributed by atoms with Crippen LogP contribution in [0.2, 0.25) is 5.02 Å². The van der Waals surface area contributed by atoms with E-state index in [-0.39, 0.29) is 5.91 Å². The highest BCUT2D eigenvalue weighted by molar-refractivity contribution is 7.99. The second-order valence-corrected chi connectivity index (χ2v) is 9.66. The lowest BCUT2D eigenvalue weighted by molar-refractivity contribution is 0.0965. The molecule has 4 heterocycles. The molecule has 3 aliphatic rings. The van der Waals surface area contributed by atoms with Crippen LogP contribution in [0.3, 0.4) is 0 Å². The second-order valence-electron chi connectivity index (χ2n) is 8.24. The summed E-state index contributed by atoms with van der Waals surface area (Å²) in [5.41, 5.74) is 9.62. The summed E-state index contributed by atoms with van der Waals surface area (Å²) in [5, 5.41) is 5.09. The number of aromatic nitrogens is 3. The number of nitrogens with two attached hydrogens (primary N) is 1. The summed E-state index contributed by atoms with van der Waals surface area (Å²) >= 11 is 8.16. The van der Waals surface area contributed by atoms with Crippen LogP contribution < -0.4 is 16.0 Å². The van der Waals surface area contributed by atoms with Crippen LogP contribution in [0.4, 0.5) is 5.82 Å². The lowest BCUT2D eigenvalue weighted by atomic mass is 10.1. The fraction of sp³-hybridized carbons (Fsp3) is 0.381. The Labute approximate surface area is 182 Å². The SMILES string of the molecule is CCc1[nH]c2nc(Sc3ccc4c(c3)C(=O)NC4)nc(N3CC4C(N)C4C3)c2c1Cl. The second kappa shape index (κ2) is 6.60. The third kappa shape index (κ3) is 2.74. The van der Waals surface area contributed by atoms with E-state index in [0.29, 0.717) is 34.6 Å². The van der Waals surface area contributed by atoms with Crippen molar-refractivity contribution < 1.29 is 4.79 Å². The van der Waals surface area contributed by atoms with Crippen LogP contribution in [-0.4, -0.2) is 40.0 Å². The Hall–Kier alpha value is -2.29. The van der Waals surface area contributed by atoms with E-state index in [0.717, 1.165) is 58.1 Å². The minimum atomic E-state index is -0.0270. The Morgan fingerprint density at radius 3 is 2.87 bits per heavy atom. The van der Waals surface area contributed by atoms with Gasteiger partial charge in [0.25, 0.3) is 5.91 Å². The number of benzene rings is 1. The summed E-state index contributed by atoms with van der Waals surface area (Å²) in [6, 6.07) is 6.24. The summed E-state index contributed by atoms with van der Waals surface area (Å²) in [5.74, 6) is 1.94. The average molecular weight is 441 g/mol. The zero-order valence-corrected chi connectivity index (χ0v) is 18.0. The number of piperidine rings is 1. The summed E-state index contributed by atoms with van der Waals surface area (Å²) in [6.07, 6.45) is 0.799. The fourth-order valence-electron chi connectivity index (χ4n) is 4.69. The maximum Gasteiger partial charge on any atom is 0.251 e. The van der Waals surface area contributed by atoms with Crippen molar-refractivity contribution in [2.45, 2.75) is 36.0 Å². The molecule has 30 heavy (non-hydrogen) atoms. The zero-order chi connectivity index (χ0) is 20.6. The van der Waals surface area contributed by atoms with Crippen LogP contribution in [0.1, 0.15) is 28.5 Å². The monoisotopic (exact) mass is 440 g/mol. The van der Waals surface area contributed by atoms with E-state index in [1.807, 2.05) is 18.2 Å². The first-order chi connectivity index (χ1) is 14.5. The molecule has 0 bridgehead atoms. The molecule has 0 radical (unpaired) electrons. The van der Waals surface area contributed by atoms with Gasteiger partial charge in [0.05, 0.1) is 10.4 Å². The van der Waals surface area contributed by atoms with Crippen LogP contribution >= 0.6 is 23.4 Å². The number of H-pyrrole nitrogens is 1. The summed E-state index contributed by atoms with van der Waals surface area (Å²) < 4.78 is 0. The van der Waals surface area contributed by atoms with E-state index in [9.17, 15) is 4.79 Å². The maximum atomic E-state index is 12.0. The van der Waals surface area contributed by atoms with Crippen LogP contribution in [0, 0.1) is 11.8 Å². The molecule has 0 spiro atoms. The molecule has 2 aromatic heterocycles. The molecule has 154 valence electrons. The molecule has 3 aromatic rings. The normalized spacial score (nSPS) is 24.3. The first-order valence-corrected chi connectivity index (χ1v) is 11.4. The van der Waals surface area contributed by atoms with Crippen molar-refractivity contribution in [1.82, 2.24) is 20.3 Å². The van der Waals surface area contributed by atoms with Crippen LogP contribution in [0.15, 0.2) is 28.3 Å². The number of fused-ring (bicyclic) bond motifs is 3. The summed E-state index contributed by atoms with van der Waals surface area (Å²) in [4.78, 5) is 28.3. The van der Waals surface area contributed by atoms with Gasteiger partial charge in [-0.15, -0.1) is 0 Å². The Balaban J connectivity index is 1.41. The number of halogens is 1. The number of amides is 1. The van der Waals surface area contributed by atoms with Crippen molar-refractivity contribution in [2.24, 2.45) is 17.6 Å². The van der Waals surface area contributed by atoms with Crippen molar-refractivity contribution in [3.63, 3.8) is 0 Å². The summed E-state index contributed by atoms with van der Waals surface area (Å²) in [6.45, 7) is 4.47. The molecular formula is C21H21ClN6OS. The number of hydrogen-bond acceptors (Lipinski definition) is 6. The standard InChI is InChI=1S/C21H21ClN6OS/c1-2-14-16(22)15-18(25-14)26-21(27-19(15)28-7-12-13(8-28)17(12)23)30-10-4-3-9-6-24-20(29)11(9)5-10/h3-5,12-13,17H,2,6-8,23H2,1H3,(H,24,29)(H,25,26,27). The van der Waals surface area contributed by atoms with Crippen molar-refractivity contribution in [3.8, 4) is 0 Å². The Morgan fingerprint density at radius 2 is 2.10 bits per heavy atom. The predicted octanol–water partition coefficient (Wildman–Crippen LogP) is 2.96. The molecule has 1 saturated heterocycles. The van der Waals surface area contributed by atoms with Crippen molar-refractivity contribution >= 4 is 46.1 Å². The van der Waals surface area contributed by atoms with Gasteiger partial charge < -0.3 is 20.9 Å². The highest BCUT2D eigenvalue weighted by atomic mass is 35.5. The Kier molecular flexibility index (Phi) is 4.07. The maximum absolute atomic E-state index is 12.0. The molecule has 1 aromatic carbocycles. The number of carbonyl (C=O) groups is 1. The van der Waals surface area contributed by atoms with E-state index in [1.54, 1.807) is 0 Å². The molecule has 6 rings (SSSR count). The minimum absolute atomic E-state index is 0.0270. The van der Waals surface area contributed by atoms with Crippen molar-refractivity contribution in [2.75, 3.05) is 18.0 Å². The first-order valence-electron chi connectivity index (χ1n) is 10.2. The number of aryl methyl sites for hydroxylation is 1. The number of nitrogens with zero attached hydrogens (tertiary/aromatic N) is 3. The molecule has 7 nitrogen and oxygen atoms in total. The Bertz CT molecular complexity index is 1200. The van der Waals surface area contributed by atoms with Crippen LogP contribution in [0.25, 0.3) is 11.0 Å². The van der Waals surface area contributed by atoms with E-state index in [2.05, 4.69) is 22.1 Å². The number of anilines is 1. The number of nitrogens with one attached hydrogen (secondary N) is 2.